The van der Waals surface area contributed by atoms with E-state index < -0.39 is 28.9 Å². The van der Waals surface area contributed by atoms with Crippen LogP contribution in [-0.2, 0) is 17.1 Å². The summed E-state index contributed by atoms with van der Waals surface area (Å²) in [6.07, 6.45) is -7.35. The molecule has 0 radical (unpaired) electrons. The third kappa shape index (κ3) is 7.41. The molecule has 0 atom stereocenters. The lowest BCUT2D eigenvalue weighted by atomic mass is 9.96. The molecule has 0 spiro atoms. The van der Waals surface area contributed by atoms with Gasteiger partial charge in [-0.05, 0) is 24.3 Å². The highest BCUT2D eigenvalue weighted by molar-refractivity contribution is 5.93. The number of amides is 1. The summed E-state index contributed by atoms with van der Waals surface area (Å²) in [5.41, 5.74) is 2.84. The van der Waals surface area contributed by atoms with Crippen LogP contribution in [0.4, 0.5) is 38.0 Å². The molecule has 0 fully saturated rings. The summed E-state index contributed by atoms with van der Waals surface area (Å²) in [6, 6.07) is 4.02. The van der Waals surface area contributed by atoms with Gasteiger partial charge in [-0.2, -0.15) is 26.3 Å². The molecule has 2 aromatic heterocycles. The van der Waals surface area contributed by atoms with Crippen molar-refractivity contribution in [2.24, 2.45) is 5.41 Å². The number of alkyl halides is 6. The lowest BCUT2D eigenvalue weighted by Crippen LogP contribution is -2.28. The summed E-state index contributed by atoms with van der Waals surface area (Å²) in [4.78, 5) is 18.4. The molecule has 2 rings (SSSR count). The van der Waals surface area contributed by atoms with Crippen molar-refractivity contribution in [2.75, 3.05) is 11.1 Å². The minimum absolute atomic E-state index is 0.0815. The highest BCUT2D eigenvalue weighted by Gasteiger charge is 2.31. The van der Waals surface area contributed by atoms with E-state index in [2.05, 4.69) is 15.3 Å². The fourth-order valence-corrected chi connectivity index (χ4v) is 1.51. The average molecular weight is 408 g/mol. The van der Waals surface area contributed by atoms with E-state index in [1.54, 1.807) is 20.8 Å². The van der Waals surface area contributed by atoms with Crippen molar-refractivity contribution in [2.45, 2.75) is 33.1 Å². The molecule has 0 saturated heterocycles. The van der Waals surface area contributed by atoms with Crippen LogP contribution in [0.5, 0.6) is 0 Å². The maximum absolute atomic E-state index is 12.2. The molecule has 2 heterocycles. The molecule has 0 aliphatic rings. The Labute approximate surface area is 157 Å². The van der Waals surface area contributed by atoms with Gasteiger partial charge in [-0.15, -0.1) is 0 Å². The van der Waals surface area contributed by atoms with Crippen LogP contribution in [0.3, 0.4) is 0 Å². The molecule has 28 heavy (non-hydrogen) atoms. The highest BCUT2D eigenvalue weighted by Crippen LogP contribution is 2.29. The van der Waals surface area contributed by atoms with Crippen LogP contribution in [0.1, 0.15) is 31.9 Å². The van der Waals surface area contributed by atoms with Gasteiger partial charge in [0.2, 0.25) is 5.91 Å². The number of halogens is 6. The number of hydrogen-bond acceptors (Lipinski definition) is 4. The summed E-state index contributed by atoms with van der Waals surface area (Å²) in [5.74, 6) is -0.110. The monoisotopic (exact) mass is 408 g/mol. The van der Waals surface area contributed by atoms with Crippen LogP contribution >= 0.6 is 0 Å². The van der Waals surface area contributed by atoms with Crippen molar-refractivity contribution in [3.63, 3.8) is 0 Å². The van der Waals surface area contributed by atoms with Gasteiger partial charge in [0.05, 0.1) is 11.1 Å². The first-order chi connectivity index (χ1) is 12.6. The molecule has 5 nitrogen and oxygen atoms in total. The maximum atomic E-state index is 12.2. The molecule has 0 aromatic carbocycles. The van der Waals surface area contributed by atoms with Crippen LogP contribution in [0, 0.1) is 5.41 Å². The molecule has 0 unspecified atom stereocenters. The third-order valence-electron chi connectivity index (χ3n) is 3.13. The van der Waals surface area contributed by atoms with Gasteiger partial charge >= 0.3 is 12.4 Å². The number of carbonyl (C=O) groups is 1. The second-order valence-electron chi connectivity index (χ2n) is 6.60. The van der Waals surface area contributed by atoms with Crippen LogP contribution in [-0.4, -0.2) is 15.9 Å². The number of pyridine rings is 2. The smallest absolute Gasteiger partial charge is 0.384 e. The maximum Gasteiger partial charge on any atom is 0.417 e. The predicted molar refractivity (Wildman–Crippen MR) is 91.0 cm³/mol. The van der Waals surface area contributed by atoms with Crippen LogP contribution in [0.25, 0.3) is 0 Å². The van der Waals surface area contributed by atoms with E-state index >= 15 is 0 Å². The molecule has 2 aromatic rings. The zero-order chi connectivity index (χ0) is 21.8. The Balaban J connectivity index is 0.000000307. The summed E-state index contributed by atoms with van der Waals surface area (Å²) in [7, 11) is 0. The average Bonchev–Trinajstić information content (AvgIpc) is 2.54. The molecule has 0 aliphatic heterocycles. The second-order valence-corrected chi connectivity index (χ2v) is 6.60. The Hall–Kier alpha value is -2.85. The first kappa shape index (κ1) is 23.2. The molecular formula is C17H18F6N4O. The number of nitrogens with one attached hydrogen (secondary N) is 1. The molecule has 0 aliphatic carbocycles. The lowest BCUT2D eigenvalue weighted by molar-refractivity contribution is -0.138. The van der Waals surface area contributed by atoms with Crippen LogP contribution < -0.4 is 11.1 Å². The van der Waals surface area contributed by atoms with E-state index in [1.165, 1.54) is 0 Å². The molecular weight excluding hydrogens is 390 g/mol. The minimum atomic E-state index is -4.42. The second kappa shape index (κ2) is 8.44. The summed E-state index contributed by atoms with van der Waals surface area (Å²) < 4.78 is 72.2. The fourth-order valence-electron chi connectivity index (χ4n) is 1.51. The summed E-state index contributed by atoms with van der Waals surface area (Å²) >= 11 is 0. The van der Waals surface area contributed by atoms with Gasteiger partial charge in [-0.3, -0.25) is 4.79 Å². The van der Waals surface area contributed by atoms with Gasteiger partial charge in [-0.25, -0.2) is 9.97 Å². The molecule has 3 N–H and O–H groups in total. The summed E-state index contributed by atoms with van der Waals surface area (Å²) in [5, 5.41) is 2.44. The van der Waals surface area contributed by atoms with Crippen LogP contribution in [0.2, 0.25) is 0 Å². The van der Waals surface area contributed by atoms with E-state index in [0.29, 0.717) is 12.4 Å². The minimum Gasteiger partial charge on any atom is -0.384 e. The zero-order valence-electron chi connectivity index (χ0n) is 15.1. The quantitative estimate of drug-likeness (QED) is 0.667. The molecule has 0 saturated carbocycles. The number of nitrogens with two attached hydrogens (primary N) is 1. The molecule has 11 heteroatoms. The van der Waals surface area contributed by atoms with Crippen LogP contribution in [0.15, 0.2) is 36.7 Å². The van der Waals surface area contributed by atoms with Gasteiger partial charge < -0.3 is 11.1 Å². The summed E-state index contributed by atoms with van der Waals surface area (Å²) in [6.45, 7) is 5.10. The number of nitrogens with zero attached hydrogens (tertiary/aromatic N) is 2. The largest absolute Gasteiger partial charge is 0.417 e. The number of nitrogen functional groups attached to an aromatic ring is 1. The van der Waals surface area contributed by atoms with Gasteiger partial charge in [0.25, 0.3) is 0 Å². The van der Waals surface area contributed by atoms with E-state index in [9.17, 15) is 31.1 Å². The van der Waals surface area contributed by atoms with Crippen molar-refractivity contribution in [1.29, 1.82) is 0 Å². The van der Waals surface area contributed by atoms with E-state index in [1.807, 2.05) is 0 Å². The van der Waals surface area contributed by atoms with Gasteiger partial charge in [0.1, 0.15) is 11.6 Å². The Bertz CT molecular complexity index is 778. The van der Waals surface area contributed by atoms with E-state index in [-0.39, 0.29) is 17.5 Å². The molecule has 1 amide bonds. The topological polar surface area (TPSA) is 80.9 Å². The standard InChI is InChI=1S/C11H13F3N2O.C6H5F3N2/c1-10(2,3)9(17)16-8-5-4-7(6-15-8)11(12,13)14;7-6(8,9)4-1-2-5(10)11-3-4/h4-6H,1-3H3,(H,15,16,17);1-3H,(H2,10,11). The van der Waals surface area contributed by atoms with E-state index in [0.717, 1.165) is 24.3 Å². The first-order valence-corrected chi connectivity index (χ1v) is 7.74. The fraction of sp³-hybridized carbons (Fsp3) is 0.353. The number of carbonyl (C=O) groups excluding carboxylic acids is 1. The van der Waals surface area contributed by atoms with Crippen molar-refractivity contribution in [1.82, 2.24) is 9.97 Å². The van der Waals surface area contributed by atoms with Crippen molar-refractivity contribution >= 4 is 17.5 Å². The Morgan fingerprint density at radius 1 is 0.857 bits per heavy atom. The van der Waals surface area contributed by atoms with Crippen molar-refractivity contribution < 1.29 is 31.1 Å². The Morgan fingerprint density at radius 3 is 1.64 bits per heavy atom. The Kier molecular flexibility index (Phi) is 6.99. The van der Waals surface area contributed by atoms with Gasteiger partial charge in [0, 0.05) is 17.8 Å². The zero-order valence-corrected chi connectivity index (χ0v) is 15.1. The third-order valence-corrected chi connectivity index (χ3v) is 3.13. The van der Waals surface area contributed by atoms with Gasteiger partial charge in [-0.1, -0.05) is 20.8 Å². The van der Waals surface area contributed by atoms with Crippen molar-refractivity contribution in [3.05, 3.63) is 47.8 Å². The SMILES string of the molecule is CC(C)(C)C(=O)Nc1ccc(C(F)(F)F)cn1.Nc1ccc(C(F)(F)F)cn1. The molecule has 154 valence electrons. The Morgan fingerprint density at radius 2 is 1.32 bits per heavy atom. The lowest BCUT2D eigenvalue weighted by Gasteiger charge is -2.17. The first-order valence-electron chi connectivity index (χ1n) is 7.74. The number of hydrogen-bond donors (Lipinski definition) is 2. The number of anilines is 2. The number of rotatable bonds is 1. The predicted octanol–water partition coefficient (Wildman–Crippen LogP) is 4.77. The molecule has 0 bridgehead atoms. The van der Waals surface area contributed by atoms with Crippen molar-refractivity contribution in [3.8, 4) is 0 Å². The highest BCUT2D eigenvalue weighted by atomic mass is 19.4. The normalized spacial score (nSPS) is 12.0. The van der Waals surface area contributed by atoms with E-state index in [4.69, 9.17) is 5.73 Å². The number of aromatic nitrogens is 2. The van der Waals surface area contributed by atoms with Gasteiger partial charge in [0.15, 0.2) is 0 Å².